The first-order valence-corrected chi connectivity index (χ1v) is 12.5. The highest BCUT2D eigenvalue weighted by Gasteiger charge is 2.19. The fraction of sp³-hybridized carbons (Fsp3) is 0.407. The summed E-state index contributed by atoms with van der Waals surface area (Å²) in [5.41, 5.74) is 5.24. The van der Waals surface area contributed by atoms with Crippen molar-refractivity contribution in [1.29, 1.82) is 0 Å². The Morgan fingerprint density at radius 3 is 2.29 bits per heavy atom. The Morgan fingerprint density at radius 1 is 0.886 bits per heavy atom. The summed E-state index contributed by atoms with van der Waals surface area (Å²) >= 11 is 0. The molecule has 2 aromatic heterocycles. The van der Waals surface area contributed by atoms with Crippen LogP contribution in [0.4, 0.5) is 4.39 Å². The lowest BCUT2D eigenvalue weighted by atomic mass is 9.98. The number of aromatic nitrogens is 6. The van der Waals surface area contributed by atoms with Crippen LogP contribution in [0.5, 0.6) is 0 Å². The van der Waals surface area contributed by atoms with Crippen LogP contribution in [0, 0.1) is 0 Å². The van der Waals surface area contributed by atoms with Crippen molar-refractivity contribution in [3.63, 3.8) is 0 Å². The molecule has 4 aromatic rings. The van der Waals surface area contributed by atoms with Crippen molar-refractivity contribution in [3.05, 3.63) is 76.0 Å². The number of H-pyrrole nitrogens is 1. The van der Waals surface area contributed by atoms with E-state index in [1.165, 1.54) is 0 Å². The molecule has 0 saturated carbocycles. The van der Waals surface area contributed by atoms with Gasteiger partial charge in [-0.05, 0) is 46.4 Å². The molecule has 0 amide bonds. The lowest BCUT2D eigenvalue weighted by molar-refractivity contribution is 0.445. The SMILES string of the molecule is CCCCCn1c(CF)c(CCCC)n(Cc2ccc(-c3ccccc3-c3nnn[nH]3)cc2)c1=O. The number of alkyl halides is 1. The van der Waals surface area contributed by atoms with Gasteiger partial charge in [0.2, 0.25) is 0 Å². The standard InChI is InChI=1S/C27H33FN6O/c1-3-5-9-17-33-25(18-28)24(12-6-4-2)34(27(33)35)19-20-13-15-21(16-14-20)22-10-7-8-11-23(22)26-29-31-32-30-26/h7-8,10-11,13-16H,3-6,9,12,17-19H2,1-2H3,(H,29,30,31,32). The van der Waals surface area contributed by atoms with Gasteiger partial charge in [-0.25, -0.2) is 14.3 Å². The molecule has 0 aliphatic heterocycles. The minimum Gasteiger partial charge on any atom is -0.293 e. The van der Waals surface area contributed by atoms with E-state index in [0.717, 1.165) is 60.1 Å². The highest BCUT2D eigenvalue weighted by molar-refractivity contribution is 5.80. The van der Waals surface area contributed by atoms with Crippen molar-refractivity contribution >= 4 is 0 Å². The zero-order valence-electron chi connectivity index (χ0n) is 20.5. The maximum atomic E-state index is 14.1. The monoisotopic (exact) mass is 476 g/mol. The lowest BCUT2D eigenvalue weighted by Gasteiger charge is -2.11. The Bertz CT molecular complexity index is 1270. The predicted octanol–water partition coefficient (Wildman–Crippen LogP) is 5.55. The number of hydrogen-bond donors (Lipinski definition) is 1. The summed E-state index contributed by atoms with van der Waals surface area (Å²) in [6.07, 6.45) is 5.61. The number of imidazole rings is 1. The minimum absolute atomic E-state index is 0.105. The van der Waals surface area contributed by atoms with Crippen molar-refractivity contribution in [2.24, 2.45) is 0 Å². The first kappa shape index (κ1) is 24.6. The molecule has 2 heterocycles. The molecule has 35 heavy (non-hydrogen) atoms. The van der Waals surface area contributed by atoms with Crippen LogP contribution in [0.25, 0.3) is 22.5 Å². The van der Waals surface area contributed by atoms with E-state index >= 15 is 0 Å². The zero-order chi connectivity index (χ0) is 24.6. The fourth-order valence-electron chi connectivity index (χ4n) is 4.56. The van der Waals surface area contributed by atoms with Crippen LogP contribution in [0.15, 0.2) is 53.3 Å². The molecule has 0 fully saturated rings. The molecule has 2 aromatic carbocycles. The number of nitrogens with one attached hydrogen (secondary N) is 1. The normalized spacial score (nSPS) is 11.3. The predicted molar refractivity (Wildman–Crippen MR) is 136 cm³/mol. The average molecular weight is 477 g/mol. The number of rotatable bonds is 12. The Labute approximate surface area is 205 Å². The summed E-state index contributed by atoms with van der Waals surface area (Å²) in [5.74, 6) is 0.611. The molecular weight excluding hydrogens is 443 g/mol. The summed E-state index contributed by atoms with van der Waals surface area (Å²) < 4.78 is 17.6. The van der Waals surface area contributed by atoms with Crippen LogP contribution in [0.2, 0.25) is 0 Å². The molecule has 4 rings (SSSR count). The van der Waals surface area contributed by atoms with Crippen LogP contribution in [0.1, 0.15) is 62.9 Å². The zero-order valence-corrected chi connectivity index (χ0v) is 20.5. The Hall–Kier alpha value is -3.55. The van der Waals surface area contributed by atoms with E-state index in [2.05, 4.69) is 34.5 Å². The van der Waals surface area contributed by atoms with Gasteiger partial charge in [-0.1, -0.05) is 81.6 Å². The summed E-state index contributed by atoms with van der Waals surface area (Å²) in [6, 6.07) is 16.1. The van der Waals surface area contributed by atoms with Gasteiger partial charge in [0.25, 0.3) is 0 Å². The van der Waals surface area contributed by atoms with E-state index in [0.29, 0.717) is 31.0 Å². The Balaban J connectivity index is 1.64. The van der Waals surface area contributed by atoms with Crippen molar-refractivity contribution in [2.75, 3.05) is 0 Å². The maximum absolute atomic E-state index is 14.1. The van der Waals surface area contributed by atoms with Crippen LogP contribution < -0.4 is 5.69 Å². The molecule has 184 valence electrons. The second kappa shape index (κ2) is 11.7. The third kappa shape index (κ3) is 5.42. The molecule has 0 unspecified atom stereocenters. The Kier molecular flexibility index (Phi) is 8.23. The number of hydrogen-bond acceptors (Lipinski definition) is 4. The van der Waals surface area contributed by atoms with Gasteiger partial charge >= 0.3 is 5.69 Å². The van der Waals surface area contributed by atoms with Gasteiger partial charge in [-0.2, -0.15) is 0 Å². The molecule has 0 saturated heterocycles. The number of halogens is 1. The first-order valence-electron chi connectivity index (χ1n) is 12.5. The van der Waals surface area contributed by atoms with Gasteiger partial charge in [-0.3, -0.25) is 9.13 Å². The molecule has 0 aliphatic rings. The number of aromatic amines is 1. The van der Waals surface area contributed by atoms with E-state index < -0.39 is 6.67 Å². The van der Waals surface area contributed by atoms with Gasteiger partial charge < -0.3 is 0 Å². The number of benzene rings is 2. The molecule has 8 heteroatoms. The number of unbranched alkanes of at least 4 members (excludes halogenated alkanes) is 3. The maximum Gasteiger partial charge on any atom is 0.328 e. The number of nitrogens with zero attached hydrogens (tertiary/aromatic N) is 5. The van der Waals surface area contributed by atoms with Crippen LogP contribution in [0.3, 0.4) is 0 Å². The van der Waals surface area contributed by atoms with Crippen LogP contribution in [-0.2, 0) is 26.2 Å². The topological polar surface area (TPSA) is 81.4 Å². The molecule has 0 spiro atoms. The second-order valence-corrected chi connectivity index (χ2v) is 8.85. The third-order valence-electron chi connectivity index (χ3n) is 6.46. The van der Waals surface area contributed by atoms with E-state index in [1.54, 1.807) is 9.13 Å². The van der Waals surface area contributed by atoms with Gasteiger partial charge in [0.1, 0.15) is 6.67 Å². The lowest BCUT2D eigenvalue weighted by Crippen LogP contribution is -2.26. The Morgan fingerprint density at radius 2 is 1.63 bits per heavy atom. The molecule has 0 bridgehead atoms. The smallest absolute Gasteiger partial charge is 0.293 e. The molecule has 7 nitrogen and oxygen atoms in total. The van der Waals surface area contributed by atoms with E-state index in [1.807, 2.05) is 48.5 Å². The van der Waals surface area contributed by atoms with Crippen molar-refractivity contribution in [2.45, 2.75) is 72.1 Å². The van der Waals surface area contributed by atoms with Crippen molar-refractivity contribution < 1.29 is 4.39 Å². The van der Waals surface area contributed by atoms with Crippen molar-refractivity contribution in [1.82, 2.24) is 29.8 Å². The quantitative estimate of drug-likeness (QED) is 0.272. The van der Waals surface area contributed by atoms with Crippen LogP contribution >= 0.6 is 0 Å². The molecule has 0 radical (unpaired) electrons. The van der Waals surface area contributed by atoms with Crippen molar-refractivity contribution in [3.8, 4) is 22.5 Å². The molecule has 0 aliphatic carbocycles. The summed E-state index contributed by atoms with van der Waals surface area (Å²) in [7, 11) is 0. The van der Waals surface area contributed by atoms with E-state index in [-0.39, 0.29) is 5.69 Å². The number of tetrazole rings is 1. The minimum atomic E-state index is -0.611. The highest BCUT2D eigenvalue weighted by Crippen LogP contribution is 2.30. The third-order valence-corrected chi connectivity index (χ3v) is 6.46. The fourth-order valence-corrected chi connectivity index (χ4v) is 4.56. The summed E-state index contributed by atoms with van der Waals surface area (Å²) in [5, 5.41) is 14.3. The molecule has 1 N–H and O–H groups in total. The van der Waals surface area contributed by atoms with E-state index in [4.69, 9.17) is 0 Å². The summed E-state index contributed by atoms with van der Waals surface area (Å²) in [4.78, 5) is 13.3. The average Bonchev–Trinajstić information content (AvgIpc) is 3.51. The first-order chi connectivity index (χ1) is 17.2. The van der Waals surface area contributed by atoms with Gasteiger partial charge in [-0.15, -0.1) is 5.10 Å². The van der Waals surface area contributed by atoms with Gasteiger partial charge in [0.15, 0.2) is 5.82 Å². The van der Waals surface area contributed by atoms with E-state index in [9.17, 15) is 9.18 Å². The second-order valence-electron chi connectivity index (χ2n) is 8.85. The van der Waals surface area contributed by atoms with Gasteiger partial charge in [0, 0.05) is 17.8 Å². The largest absolute Gasteiger partial charge is 0.328 e. The van der Waals surface area contributed by atoms with Gasteiger partial charge in [0.05, 0.1) is 12.2 Å². The summed E-state index contributed by atoms with van der Waals surface area (Å²) in [6.45, 7) is 4.63. The van der Waals surface area contributed by atoms with Crippen LogP contribution in [-0.4, -0.2) is 29.8 Å². The molecular formula is C27H33FN6O. The molecule has 0 atom stereocenters. The highest BCUT2D eigenvalue weighted by atomic mass is 19.1.